The van der Waals surface area contributed by atoms with Crippen molar-refractivity contribution in [1.29, 1.82) is 0 Å². The second kappa shape index (κ2) is 4.70. The molecular weight excluding hydrogens is 233 g/mol. The van der Waals surface area contributed by atoms with E-state index < -0.39 is 17.7 Å². The van der Waals surface area contributed by atoms with E-state index in [2.05, 4.69) is 4.74 Å². The SMILES string of the molecule is CC1=CC[C@H](C(C)(C)OC(=O)C(F)(F)F)CC1. The monoisotopic (exact) mass is 250 g/mol. The molecule has 98 valence electrons. The van der Waals surface area contributed by atoms with E-state index in [9.17, 15) is 18.0 Å². The van der Waals surface area contributed by atoms with Crippen molar-refractivity contribution in [3.63, 3.8) is 0 Å². The van der Waals surface area contributed by atoms with Gasteiger partial charge >= 0.3 is 12.1 Å². The summed E-state index contributed by atoms with van der Waals surface area (Å²) in [7, 11) is 0. The highest BCUT2D eigenvalue weighted by Gasteiger charge is 2.45. The van der Waals surface area contributed by atoms with Crippen LogP contribution in [-0.2, 0) is 9.53 Å². The number of ether oxygens (including phenoxy) is 1. The van der Waals surface area contributed by atoms with E-state index in [1.165, 1.54) is 19.4 Å². The first kappa shape index (κ1) is 14.1. The van der Waals surface area contributed by atoms with Gasteiger partial charge in [-0.15, -0.1) is 0 Å². The van der Waals surface area contributed by atoms with Gasteiger partial charge in [0.25, 0.3) is 0 Å². The van der Waals surface area contributed by atoms with Gasteiger partial charge in [-0.2, -0.15) is 13.2 Å². The standard InChI is InChI=1S/C12H17F3O2/c1-8-4-6-9(7-5-8)11(2,3)17-10(16)12(13,14)15/h4,9H,5-7H2,1-3H3/t9-/m0/s1. The smallest absolute Gasteiger partial charge is 0.453 e. The number of carbonyl (C=O) groups excluding carboxylic acids is 1. The van der Waals surface area contributed by atoms with Crippen molar-refractivity contribution in [1.82, 2.24) is 0 Å². The molecule has 0 saturated carbocycles. The molecule has 0 unspecified atom stereocenters. The fourth-order valence-corrected chi connectivity index (χ4v) is 1.98. The quantitative estimate of drug-likeness (QED) is 0.552. The van der Waals surface area contributed by atoms with Crippen molar-refractivity contribution in [2.24, 2.45) is 5.92 Å². The van der Waals surface area contributed by atoms with Crippen LogP contribution in [0.4, 0.5) is 13.2 Å². The van der Waals surface area contributed by atoms with E-state index in [0.29, 0.717) is 6.42 Å². The number of hydrogen-bond donors (Lipinski definition) is 0. The number of carbonyl (C=O) groups is 1. The summed E-state index contributed by atoms with van der Waals surface area (Å²) in [5, 5.41) is 0. The summed E-state index contributed by atoms with van der Waals surface area (Å²) in [6, 6.07) is 0. The highest BCUT2D eigenvalue weighted by molar-refractivity contribution is 5.76. The van der Waals surface area contributed by atoms with Crippen molar-refractivity contribution in [3.05, 3.63) is 11.6 Å². The Morgan fingerprint density at radius 2 is 2.00 bits per heavy atom. The van der Waals surface area contributed by atoms with Gasteiger partial charge < -0.3 is 4.74 Å². The summed E-state index contributed by atoms with van der Waals surface area (Å²) in [6.07, 6.45) is -0.670. The Hall–Kier alpha value is -1.00. The maximum atomic E-state index is 12.1. The summed E-state index contributed by atoms with van der Waals surface area (Å²) in [4.78, 5) is 10.8. The molecule has 1 rings (SSSR count). The maximum absolute atomic E-state index is 12.1. The van der Waals surface area contributed by atoms with Crippen molar-refractivity contribution in [2.45, 2.75) is 51.8 Å². The fraction of sp³-hybridized carbons (Fsp3) is 0.750. The molecule has 0 saturated heterocycles. The minimum absolute atomic E-state index is 0.0579. The Labute approximate surface area is 98.8 Å². The molecule has 0 N–H and O–H groups in total. The van der Waals surface area contributed by atoms with Gasteiger partial charge in [-0.1, -0.05) is 11.6 Å². The summed E-state index contributed by atoms with van der Waals surface area (Å²) in [5.41, 5.74) is 0.156. The van der Waals surface area contributed by atoms with E-state index >= 15 is 0 Å². The van der Waals surface area contributed by atoms with Gasteiger partial charge in [0.15, 0.2) is 0 Å². The highest BCUT2D eigenvalue weighted by Crippen LogP contribution is 2.35. The zero-order valence-corrected chi connectivity index (χ0v) is 10.2. The van der Waals surface area contributed by atoms with Crippen LogP contribution in [0.25, 0.3) is 0 Å². The number of alkyl halides is 3. The van der Waals surface area contributed by atoms with E-state index in [1.54, 1.807) is 0 Å². The van der Waals surface area contributed by atoms with Crippen LogP contribution < -0.4 is 0 Å². The van der Waals surface area contributed by atoms with Gasteiger partial charge in [-0.25, -0.2) is 4.79 Å². The lowest BCUT2D eigenvalue weighted by molar-refractivity contribution is -0.215. The van der Waals surface area contributed by atoms with Crippen LogP contribution in [0.15, 0.2) is 11.6 Å². The lowest BCUT2D eigenvalue weighted by Crippen LogP contribution is -2.41. The van der Waals surface area contributed by atoms with E-state index in [4.69, 9.17) is 0 Å². The Balaban J connectivity index is 2.66. The summed E-state index contributed by atoms with van der Waals surface area (Å²) < 4.78 is 41.0. The van der Waals surface area contributed by atoms with Crippen LogP contribution in [0.3, 0.4) is 0 Å². The van der Waals surface area contributed by atoms with Crippen LogP contribution in [0.5, 0.6) is 0 Å². The predicted molar refractivity (Wildman–Crippen MR) is 57.3 cm³/mol. The number of rotatable bonds is 2. The molecule has 2 nitrogen and oxygen atoms in total. The predicted octanol–water partition coefficient (Wildman–Crippen LogP) is 3.62. The topological polar surface area (TPSA) is 26.3 Å². The van der Waals surface area contributed by atoms with Crippen LogP contribution in [0, 0.1) is 5.92 Å². The van der Waals surface area contributed by atoms with Gasteiger partial charge in [0.2, 0.25) is 0 Å². The molecule has 0 heterocycles. The van der Waals surface area contributed by atoms with Crippen molar-refractivity contribution in [3.8, 4) is 0 Å². The molecular formula is C12H17F3O2. The lowest BCUT2D eigenvalue weighted by Gasteiger charge is -2.35. The zero-order chi connectivity index (χ0) is 13.3. The number of hydrogen-bond acceptors (Lipinski definition) is 2. The molecule has 0 aromatic rings. The largest absolute Gasteiger partial charge is 0.490 e. The minimum Gasteiger partial charge on any atom is -0.453 e. The molecule has 0 aliphatic heterocycles. The molecule has 0 aromatic carbocycles. The third-order valence-electron chi connectivity index (χ3n) is 3.21. The Morgan fingerprint density at radius 1 is 1.41 bits per heavy atom. The van der Waals surface area contributed by atoms with E-state index in [-0.39, 0.29) is 5.92 Å². The zero-order valence-electron chi connectivity index (χ0n) is 10.2. The Bertz CT molecular complexity index is 329. The third kappa shape index (κ3) is 3.75. The van der Waals surface area contributed by atoms with Gasteiger partial charge in [-0.3, -0.25) is 0 Å². The van der Waals surface area contributed by atoms with E-state index in [1.807, 2.05) is 13.0 Å². The Kier molecular flexibility index (Phi) is 3.89. The van der Waals surface area contributed by atoms with Crippen molar-refractivity contribution < 1.29 is 22.7 Å². The maximum Gasteiger partial charge on any atom is 0.490 e. The Morgan fingerprint density at radius 3 is 2.41 bits per heavy atom. The summed E-state index contributed by atoms with van der Waals surface area (Å²) in [5.74, 6) is -2.16. The fourth-order valence-electron chi connectivity index (χ4n) is 1.98. The summed E-state index contributed by atoms with van der Waals surface area (Å²) in [6.45, 7) is 5.07. The second-order valence-corrected chi connectivity index (χ2v) is 5.01. The molecule has 5 heteroatoms. The number of esters is 1. The lowest BCUT2D eigenvalue weighted by atomic mass is 9.79. The van der Waals surface area contributed by atoms with Crippen molar-refractivity contribution >= 4 is 5.97 Å². The van der Waals surface area contributed by atoms with E-state index in [0.717, 1.165) is 12.8 Å². The molecule has 0 radical (unpaired) electrons. The molecule has 0 spiro atoms. The number of allylic oxidation sites excluding steroid dienone is 2. The average molecular weight is 250 g/mol. The second-order valence-electron chi connectivity index (χ2n) is 5.01. The molecule has 0 bridgehead atoms. The van der Waals surface area contributed by atoms with Crippen LogP contribution in [-0.4, -0.2) is 17.7 Å². The molecule has 17 heavy (non-hydrogen) atoms. The van der Waals surface area contributed by atoms with Gasteiger partial charge in [0.1, 0.15) is 5.60 Å². The van der Waals surface area contributed by atoms with Gasteiger partial charge in [-0.05, 0) is 40.0 Å². The number of halogens is 3. The van der Waals surface area contributed by atoms with Crippen LogP contribution in [0.1, 0.15) is 40.0 Å². The molecule has 0 aromatic heterocycles. The first-order chi connectivity index (χ1) is 7.63. The molecule has 1 atom stereocenters. The molecule has 1 aliphatic rings. The first-order valence-corrected chi connectivity index (χ1v) is 5.58. The average Bonchev–Trinajstić information content (AvgIpc) is 2.16. The highest BCUT2D eigenvalue weighted by atomic mass is 19.4. The van der Waals surface area contributed by atoms with Crippen molar-refractivity contribution in [2.75, 3.05) is 0 Å². The van der Waals surface area contributed by atoms with Gasteiger partial charge in [0, 0.05) is 5.92 Å². The molecule has 0 amide bonds. The van der Waals surface area contributed by atoms with Crippen LogP contribution in [0.2, 0.25) is 0 Å². The molecule has 1 aliphatic carbocycles. The molecule has 0 fully saturated rings. The van der Waals surface area contributed by atoms with Gasteiger partial charge in [0.05, 0.1) is 0 Å². The minimum atomic E-state index is -4.92. The normalized spacial score (nSPS) is 22.0. The summed E-state index contributed by atoms with van der Waals surface area (Å²) >= 11 is 0. The first-order valence-electron chi connectivity index (χ1n) is 5.58. The third-order valence-corrected chi connectivity index (χ3v) is 3.21. The van der Waals surface area contributed by atoms with Crippen LogP contribution >= 0.6 is 0 Å².